The second kappa shape index (κ2) is 9.73. The molecule has 0 fully saturated rings. The number of carbonyl (C=O) groups is 1. The minimum atomic E-state index is -0.745. The zero-order chi connectivity index (χ0) is 25.4. The molecule has 5 rings (SSSR count). The molecule has 2 aromatic heterocycles. The summed E-state index contributed by atoms with van der Waals surface area (Å²) in [5, 5.41) is 8.85. The fraction of sp³-hybridized carbons (Fsp3) is 0.333. The van der Waals surface area contributed by atoms with Gasteiger partial charge in [-0.15, -0.1) is 10.2 Å². The van der Waals surface area contributed by atoms with Gasteiger partial charge in [0.25, 0.3) is 5.91 Å². The van der Waals surface area contributed by atoms with E-state index in [0.29, 0.717) is 52.3 Å². The molecule has 9 heteroatoms. The van der Waals surface area contributed by atoms with Crippen molar-refractivity contribution in [3.63, 3.8) is 0 Å². The van der Waals surface area contributed by atoms with Gasteiger partial charge in [0.15, 0.2) is 16.9 Å². The average Bonchev–Trinajstić information content (AvgIpc) is 3.47. The van der Waals surface area contributed by atoms with E-state index in [9.17, 15) is 9.59 Å². The molecule has 0 saturated carbocycles. The van der Waals surface area contributed by atoms with Gasteiger partial charge < -0.3 is 13.9 Å². The van der Waals surface area contributed by atoms with Crippen molar-refractivity contribution in [2.75, 3.05) is 18.1 Å². The molecule has 186 valence electrons. The zero-order valence-electron chi connectivity index (χ0n) is 20.6. The van der Waals surface area contributed by atoms with Crippen LogP contribution < -0.4 is 19.8 Å². The van der Waals surface area contributed by atoms with Gasteiger partial charge in [-0.25, -0.2) is 0 Å². The molecule has 1 amide bonds. The third-order valence-electron chi connectivity index (χ3n) is 6.12. The van der Waals surface area contributed by atoms with Gasteiger partial charge in [0, 0.05) is 0 Å². The number of benzene rings is 2. The zero-order valence-corrected chi connectivity index (χ0v) is 21.4. The fourth-order valence-electron chi connectivity index (χ4n) is 4.36. The van der Waals surface area contributed by atoms with Crippen LogP contribution >= 0.6 is 11.3 Å². The van der Waals surface area contributed by atoms with Crippen molar-refractivity contribution in [3.8, 4) is 11.5 Å². The Labute approximate surface area is 212 Å². The number of hydrogen-bond acceptors (Lipinski definition) is 8. The number of ether oxygens (including phenoxy) is 2. The third-order valence-corrected chi connectivity index (χ3v) is 6.81. The molecule has 1 atom stereocenters. The first-order valence-corrected chi connectivity index (χ1v) is 12.8. The highest BCUT2D eigenvalue weighted by molar-refractivity contribution is 7.13. The summed E-state index contributed by atoms with van der Waals surface area (Å²) in [6, 6.07) is 10.1. The summed E-state index contributed by atoms with van der Waals surface area (Å²) in [6.07, 6.45) is 0.913. The fourth-order valence-corrected chi connectivity index (χ4v) is 4.94. The molecular weight excluding hydrogens is 478 g/mol. The number of aryl methyl sites for hydroxylation is 1. The second-order valence-corrected chi connectivity index (χ2v) is 9.95. The van der Waals surface area contributed by atoms with E-state index in [0.717, 1.165) is 12.0 Å². The maximum Gasteiger partial charge on any atom is 0.297 e. The van der Waals surface area contributed by atoms with E-state index >= 15 is 0 Å². The first kappa shape index (κ1) is 24.0. The van der Waals surface area contributed by atoms with Crippen molar-refractivity contribution in [2.24, 2.45) is 5.92 Å². The van der Waals surface area contributed by atoms with Crippen LogP contribution in [0.5, 0.6) is 11.5 Å². The topological polar surface area (TPSA) is 94.8 Å². The van der Waals surface area contributed by atoms with E-state index in [-0.39, 0.29) is 16.8 Å². The molecule has 3 heterocycles. The molecule has 36 heavy (non-hydrogen) atoms. The molecule has 4 aromatic rings. The summed E-state index contributed by atoms with van der Waals surface area (Å²) in [4.78, 5) is 28.8. The largest absolute Gasteiger partial charge is 0.490 e. The summed E-state index contributed by atoms with van der Waals surface area (Å²) < 4.78 is 17.9. The van der Waals surface area contributed by atoms with Gasteiger partial charge >= 0.3 is 0 Å². The average molecular weight is 506 g/mol. The van der Waals surface area contributed by atoms with E-state index < -0.39 is 11.9 Å². The van der Waals surface area contributed by atoms with Crippen LogP contribution in [0.25, 0.3) is 11.0 Å². The van der Waals surface area contributed by atoms with E-state index in [4.69, 9.17) is 13.9 Å². The smallest absolute Gasteiger partial charge is 0.297 e. The molecule has 0 spiro atoms. The number of anilines is 1. The first-order valence-electron chi connectivity index (χ1n) is 12.0. The van der Waals surface area contributed by atoms with E-state index in [1.54, 1.807) is 17.6 Å². The summed E-state index contributed by atoms with van der Waals surface area (Å²) in [5.74, 6) is 1.28. The monoisotopic (exact) mass is 505 g/mol. The number of rotatable bonds is 8. The van der Waals surface area contributed by atoms with Crippen molar-refractivity contribution < 1.29 is 18.7 Å². The Kier molecular flexibility index (Phi) is 6.49. The van der Waals surface area contributed by atoms with E-state index in [1.165, 1.54) is 16.2 Å². The molecular formula is C27H27N3O5S. The number of aromatic nitrogens is 2. The van der Waals surface area contributed by atoms with Gasteiger partial charge in [-0.05, 0) is 56.0 Å². The number of carbonyl (C=O) groups excluding carboxylic acids is 1. The highest BCUT2D eigenvalue weighted by Gasteiger charge is 2.45. The molecule has 0 aliphatic carbocycles. The highest BCUT2D eigenvalue weighted by atomic mass is 32.1. The minimum absolute atomic E-state index is 0.0202. The van der Waals surface area contributed by atoms with Crippen molar-refractivity contribution in [2.45, 2.75) is 40.2 Å². The number of amides is 1. The Morgan fingerprint density at radius 1 is 1.11 bits per heavy atom. The molecule has 1 aliphatic heterocycles. The molecule has 1 aliphatic rings. The number of fused-ring (bicyclic) bond motifs is 2. The van der Waals surface area contributed by atoms with Crippen LogP contribution in [0.15, 0.2) is 51.1 Å². The molecule has 0 saturated heterocycles. The van der Waals surface area contributed by atoms with Gasteiger partial charge in [0.2, 0.25) is 10.9 Å². The van der Waals surface area contributed by atoms with Gasteiger partial charge in [-0.1, -0.05) is 42.9 Å². The Morgan fingerprint density at radius 2 is 1.94 bits per heavy atom. The van der Waals surface area contributed by atoms with Crippen molar-refractivity contribution in [1.29, 1.82) is 0 Å². The standard InChI is InChI=1S/C27H27N3O5S/c1-5-33-21-13-17(7-9-20(21)34-11-10-15(2)3)23-22-24(31)18-12-16(4)6-8-19(18)35-25(22)26(32)30(23)27-29-28-14-36-27/h6-9,12-15,23H,5,10-11H2,1-4H3. The van der Waals surface area contributed by atoms with Crippen LogP contribution in [-0.2, 0) is 0 Å². The first-order chi connectivity index (χ1) is 17.4. The maximum absolute atomic E-state index is 13.8. The summed E-state index contributed by atoms with van der Waals surface area (Å²) >= 11 is 1.22. The minimum Gasteiger partial charge on any atom is -0.490 e. The molecule has 2 aromatic carbocycles. The molecule has 1 unspecified atom stereocenters. The normalized spacial score (nSPS) is 15.1. The Bertz CT molecular complexity index is 1480. The van der Waals surface area contributed by atoms with Crippen LogP contribution in [0.3, 0.4) is 0 Å². The lowest BCUT2D eigenvalue weighted by molar-refractivity contribution is 0.0970. The predicted octanol–water partition coefficient (Wildman–Crippen LogP) is 5.53. The molecule has 0 radical (unpaired) electrons. The lowest BCUT2D eigenvalue weighted by Gasteiger charge is -2.23. The molecule has 0 bridgehead atoms. The molecule has 8 nitrogen and oxygen atoms in total. The van der Waals surface area contributed by atoms with Gasteiger partial charge in [-0.3, -0.25) is 14.5 Å². The number of nitrogens with zero attached hydrogens (tertiary/aromatic N) is 3. The van der Waals surface area contributed by atoms with Crippen LogP contribution in [0.2, 0.25) is 0 Å². The predicted molar refractivity (Wildman–Crippen MR) is 138 cm³/mol. The van der Waals surface area contributed by atoms with Gasteiger partial charge in [0.05, 0.1) is 30.2 Å². The Morgan fingerprint density at radius 3 is 2.67 bits per heavy atom. The van der Waals surface area contributed by atoms with Crippen LogP contribution in [0.1, 0.15) is 60.5 Å². The van der Waals surface area contributed by atoms with Crippen molar-refractivity contribution >= 4 is 33.3 Å². The quantitative estimate of drug-likeness (QED) is 0.311. The Hall–Kier alpha value is -3.72. The van der Waals surface area contributed by atoms with Gasteiger partial charge in [0.1, 0.15) is 11.1 Å². The SMILES string of the molecule is CCOc1cc(C2c3c(oc4ccc(C)cc4c3=O)C(=O)N2c2nncs2)ccc1OCCC(C)C. The lowest BCUT2D eigenvalue weighted by atomic mass is 9.98. The van der Waals surface area contributed by atoms with E-state index in [1.807, 2.05) is 38.1 Å². The van der Waals surface area contributed by atoms with Crippen molar-refractivity contribution in [3.05, 3.63) is 74.6 Å². The summed E-state index contributed by atoms with van der Waals surface area (Å²) in [7, 11) is 0. The van der Waals surface area contributed by atoms with Crippen LogP contribution in [0, 0.1) is 12.8 Å². The van der Waals surface area contributed by atoms with E-state index in [2.05, 4.69) is 24.0 Å². The van der Waals surface area contributed by atoms with Crippen LogP contribution in [0.4, 0.5) is 5.13 Å². The van der Waals surface area contributed by atoms with Crippen molar-refractivity contribution in [1.82, 2.24) is 10.2 Å². The van der Waals surface area contributed by atoms with Crippen LogP contribution in [-0.4, -0.2) is 29.3 Å². The highest BCUT2D eigenvalue weighted by Crippen LogP contribution is 2.43. The Balaban J connectivity index is 1.67. The number of hydrogen-bond donors (Lipinski definition) is 0. The summed E-state index contributed by atoms with van der Waals surface area (Å²) in [6.45, 7) is 9.10. The molecule has 0 N–H and O–H groups in total. The summed E-state index contributed by atoms with van der Waals surface area (Å²) in [5.41, 5.74) is 3.59. The third kappa shape index (κ3) is 4.24. The van der Waals surface area contributed by atoms with Gasteiger partial charge in [-0.2, -0.15) is 0 Å². The second-order valence-electron chi connectivity index (χ2n) is 9.14. The lowest BCUT2D eigenvalue weighted by Crippen LogP contribution is -2.29. The maximum atomic E-state index is 13.8.